The van der Waals surface area contributed by atoms with Crippen LogP contribution in [0.1, 0.15) is 33.1 Å². The quantitative estimate of drug-likeness (QED) is 0.605. The van der Waals surface area contributed by atoms with Gasteiger partial charge in [0, 0.05) is 0 Å². The molecule has 2 aliphatic carbocycles. The Balaban J connectivity index is 0.000000386. The molecule has 0 nitrogen and oxygen atoms in total. The Bertz CT molecular complexity index is 328. The molecule has 0 aromatic carbocycles. The van der Waals surface area contributed by atoms with Gasteiger partial charge < -0.3 is 0 Å². The van der Waals surface area contributed by atoms with Crippen molar-refractivity contribution in [3.63, 3.8) is 0 Å². The molecule has 0 N–H and O–H groups in total. The predicted octanol–water partition coefficient (Wildman–Crippen LogP) is 5.31. The number of rotatable bonds is 2. The van der Waals surface area contributed by atoms with Gasteiger partial charge >= 0.3 is 35.6 Å². The molecule has 2 aliphatic rings. The molecule has 0 spiro atoms. The van der Waals surface area contributed by atoms with Crippen LogP contribution in [-0.4, -0.2) is 0 Å². The monoisotopic (exact) mass is 290 g/mol. The summed E-state index contributed by atoms with van der Waals surface area (Å²) in [7, 11) is 9.78. The van der Waals surface area contributed by atoms with Crippen molar-refractivity contribution in [2.75, 3.05) is 0 Å². The summed E-state index contributed by atoms with van der Waals surface area (Å²) in [6.45, 7) is 4.44. The SMILES string of the molecule is CC1=C(CC2=C(C)C=CC2)CC=C1.[Cl][Ti][Cl]. The van der Waals surface area contributed by atoms with E-state index in [9.17, 15) is 0 Å². The van der Waals surface area contributed by atoms with Crippen LogP contribution in [-0.2, 0) is 17.0 Å². The maximum absolute atomic E-state index is 4.89. The summed E-state index contributed by atoms with van der Waals surface area (Å²) < 4.78 is 0. The summed E-state index contributed by atoms with van der Waals surface area (Å²) in [4.78, 5) is 0. The first-order chi connectivity index (χ1) is 7.69. The van der Waals surface area contributed by atoms with Crippen LogP contribution in [0.2, 0.25) is 0 Å². The van der Waals surface area contributed by atoms with Gasteiger partial charge in [0.05, 0.1) is 0 Å². The van der Waals surface area contributed by atoms with Gasteiger partial charge in [-0.3, -0.25) is 0 Å². The predicted molar refractivity (Wildman–Crippen MR) is 69.2 cm³/mol. The molecule has 0 aromatic heterocycles. The third-order valence-electron chi connectivity index (χ3n) is 3.01. The van der Waals surface area contributed by atoms with Gasteiger partial charge in [0.1, 0.15) is 0 Å². The van der Waals surface area contributed by atoms with E-state index >= 15 is 0 Å². The molecule has 0 saturated heterocycles. The van der Waals surface area contributed by atoms with Crippen molar-refractivity contribution < 1.29 is 17.0 Å². The summed E-state index contributed by atoms with van der Waals surface area (Å²) in [6, 6.07) is 0. The Morgan fingerprint density at radius 1 is 1.00 bits per heavy atom. The van der Waals surface area contributed by atoms with E-state index < -0.39 is 17.0 Å². The first kappa shape index (κ1) is 14.3. The summed E-state index contributed by atoms with van der Waals surface area (Å²) >= 11 is -0.556. The molecule has 2 rings (SSSR count). The second-order valence-electron chi connectivity index (χ2n) is 4.03. The van der Waals surface area contributed by atoms with Gasteiger partial charge in [-0.05, 0) is 33.1 Å². The van der Waals surface area contributed by atoms with Crippen LogP contribution in [0, 0.1) is 0 Å². The third kappa shape index (κ3) is 4.26. The summed E-state index contributed by atoms with van der Waals surface area (Å²) in [5.41, 5.74) is 6.18. The molecule has 0 radical (unpaired) electrons. The van der Waals surface area contributed by atoms with E-state index in [0.717, 1.165) is 0 Å². The molecular formula is C13H16Cl2Ti. The summed E-state index contributed by atoms with van der Waals surface area (Å²) in [5.74, 6) is 0. The average Bonchev–Trinajstić information content (AvgIpc) is 2.80. The third-order valence-corrected chi connectivity index (χ3v) is 3.01. The summed E-state index contributed by atoms with van der Waals surface area (Å²) in [6.07, 6.45) is 12.6. The molecule has 3 heteroatoms. The van der Waals surface area contributed by atoms with Crippen molar-refractivity contribution in [2.24, 2.45) is 0 Å². The Hall–Kier alpha value is 0.254. The van der Waals surface area contributed by atoms with Crippen molar-refractivity contribution in [2.45, 2.75) is 33.1 Å². The number of hydrogen-bond acceptors (Lipinski definition) is 0. The molecule has 0 amide bonds. The zero-order valence-electron chi connectivity index (χ0n) is 9.69. The molecule has 16 heavy (non-hydrogen) atoms. The minimum atomic E-state index is -0.556. The molecule has 0 unspecified atom stereocenters. The standard InChI is InChI=1S/C13H16.2ClH.Ti/c1-10-5-3-7-12(10)9-13-8-4-6-11(13)2;;;/h3-6H,7-9H2,1-2H3;2*1H;/q;;;+2/p-2. The second kappa shape index (κ2) is 7.56. The molecule has 0 fully saturated rings. The van der Waals surface area contributed by atoms with Crippen LogP contribution in [0.5, 0.6) is 0 Å². The fourth-order valence-electron chi connectivity index (χ4n) is 1.99. The van der Waals surface area contributed by atoms with Gasteiger partial charge in [-0.15, -0.1) is 0 Å². The molecule has 0 heterocycles. The van der Waals surface area contributed by atoms with E-state index in [2.05, 4.69) is 38.2 Å². The fourth-order valence-corrected chi connectivity index (χ4v) is 1.99. The minimum absolute atomic E-state index is 0.556. The Morgan fingerprint density at radius 2 is 1.38 bits per heavy atom. The van der Waals surface area contributed by atoms with E-state index in [4.69, 9.17) is 18.6 Å². The molecule has 0 aliphatic heterocycles. The van der Waals surface area contributed by atoms with Gasteiger partial charge in [0.25, 0.3) is 0 Å². The zero-order valence-corrected chi connectivity index (χ0v) is 12.8. The second-order valence-corrected chi connectivity index (χ2v) is 6.61. The van der Waals surface area contributed by atoms with Crippen molar-refractivity contribution in [3.05, 3.63) is 46.6 Å². The molecule has 0 atom stereocenters. The Labute approximate surface area is 115 Å². The van der Waals surface area contributed by atoms with Crippen LogP contribution in [0.15, 0.2) is 46.6 Å². The Morgan fingerprint density at radius 3 is 1.62 bits per heavy atom. The molecule has 0 bridgehead atoms. The van der Waals surface area contributed by atoms with Crippen LogP contribution in [0.25, 0.3) is 0 Å². The number of allylic oxidation sites excluding steroid dienone is 8. The van der Waals surface area contributed by atoms with Crippen LogP contribution in [0.4, 0.5) is 0 Å². The number of halogens is 2. The van der Waals surface area contributed by atoms with E-state index in [1.54, 1.807) is 11.1 Å². The van der Waals surface area contributed by atoms with E-state index in [-0.39, 0.29) is 0 Å². The summed E-state index contributed by atoms with van der Waals surface area (Å²) in [5, 5.41) is 0. The molecular weight excluding hydrogens is 275 g/mol. The van der Waals surface area contributed by atoms with E-state index in [0.29, 0.717) is 0 Å². The van der Waals surface area contributed by atoms with Crippen LogP contribution in [0.3, 0.4) is 0 Å². The Kier molecular flexibility index (Phi) is 6.76. The van der Waals surface area contributed by atoms with Gasteiger partial charge in [-0.1, -0.05) is 46.6 Å². The first-order valence-corrected chi connectivity index (χ1v) is 9.65. The fraction of sp³-hybridized carbons (Fsp3) is 0.385. The van der Waals surface area contributed by atoms with Crippen molar-refractivity contribution >= 4 is 18.6 Å². The van der Waals surface area contributed by atoms with E-state index in [1.807, 2.05) is 0 Å². The van der Waals surface area contributed by atoms with Gasteiger partial charge in [-0.2, -0.15) is 0 Å². The van der Waals surface area contributed by atoms with Crippen molar-refractivity contribution in [1.29, 1.82) is 0 Å². The van der Waals surface area contributed by atoms with Gasteiger partial charge in [0.2, 0.25) is 0 Å². The topological polar surface area (TPSA) is 0 Å². The molecule has 86 valence electrons. The normalized spacial score (nSPS) is 18.0. The van der Waals surface area contributed by atoms with Crippen LogP contribution >= 0.6 is 18.6 Å². The van der Waals surface area contributed by atoms with Gasteiger partial charge in [-0.25, -0.2) is 0 Å². The molecule has 0 saturated carbocycles. The van der Waals surface area contributed by atoms with Gasteiger partial charge in [0.15, 0.2) is 0 Å². The van der Waals surface area contributed by atoms with Crippen molar-refractivity contribution in [3.8, 4) is 0 Å². The average molecular weight is 291 g/mol. The first-order valence-electron chi connectivity index (χ1n) is 5.35. The van der Waals surface area contributed by atoms with E-state index in [1.165, 1.54) is 30.4 Å². The van der Waals surface area contributed by atoms with Crippen molar-refractivity contribution in [1.82, 2.24) is 0 Å². The number of hydrogen-bond donors (Lipinski definition) is 0. The maximum atomic E-state index is 4.89. The zero-order chi connectivity index (χ0) is 12.0. The van der Waals surface area contributed by atoms with Crippen LogP contribution < -0.4 is 0 Å². The molecule has 0 aromatic rings.